The zero-order valence-corrected chi connectivity index (χ0v) is 64.2. The summed E-state index contributed by atoms with van der Waals surface area (Å²) in [4.78, 5) is 36.5. The summed E-state index contributed by atoms with van der Waals surface area (Å²) in [6, 6.07) is 113. The number of thiophene rings is 4. The third-order valence-corrected chi connectivity index (χ3v) is 24.9. The summed E-state index contributed by atoms with van der Waals surface area (Å²) in [6.07, 6.45) is 0. The first-order valence-electron chi connectivity index (χ1n) is 35.4. The Hall–Kier alpha value is -11.8. The minimum atomic E-state index is 0.266. The van der Waals surface area contributed by atoms with Crippen LogP contribution in [0.3, 0.4) is 0 Å². The molecule has 522 valence electrons. The number of fused-ring (bicyclic) bond motifs is 15. The van der Waals surface area contributed by atoms with Gasteiger partial charge in [0.1, 0.15) is 0 Å². The maximum Gasteiger partial charge on any atom is 0.223 e. The first-order chi connectivity index (χ1) is 54.1. The van der Waals surface area contributed by atoms with Gasteiger partial charge in [0, 0.05) is 62.6 Å². The predicted octanol–water partition coefficient (Wildman–Crippen LogP) is 29.1. The first-order valence-corrected chi connectivity index (χ1v) is 40.1. The van der Waals surface area contributed by atoms with Crippen LogP contribution in [0, 0.1) is 0 Å². The molecule has 0 amide bonds. The summed E-state index contributed by atoms with van der Waals surface area (Å²) in [6.45, 7) is 0. The van der Waals surface area contributed by atoms with Crippen molar-refractivity contribution in [2.45, 2.75) is 0 Å². The molecule has 0 aliphatic rings. The summed E-state index contributed by atoms with van der Waals surface area (Å²) in [5.74, 6) is 0. The summed E-state index contributed by atoms with van der Waals surface area (Å²) < 4.78 is 9.06. The highest BCUT2D eigenvalue weighted by molar-refractivity contribution is 7.27. The fourth-order valence-electron chi connectivity index (χ4n) is 14.4. The molecule has 0 bridgehead atoms. The highest BCUT2D eigenvalue weighted by Gasteiger charge is 2.22. The Bertz CT molecular complexity index is 7240. The lowest BCUT2D eigenvalue weighted by Gasteiger charge is -2.11. The summed E-state index contributed by atoms with van der Waals surface area (Å²) >= 11 is 32.1. The van der Waals surface area contributed by atoms with Crippen LogP contribution in [0.2, 0.25) is 21.1 Å². The number of rotatable bonds is 7. The van der Waals surface area contributed by atoms with Crippen LogP contribution in [0.5, 0.6) is 0 Å². The number of aromatic nitrogens is 8. The Balaban J connectivity index is 0.000000100. The lowest BCUT2D eigenvalue weighted by molar-refractivity contribution is 1.23. The second-order valence-electron chi connectivity index (χ2n) is 26.2. The van der Waals surface area contributed by atoms with Crippen molar-refractivity contribution in [2.24, 2.45) is 0 Å². The van der Waals surface area contributed by atoms with Crippen LogP contribution < -0.4 is 0 Å². The highest BCUT2D eigenvalue weighted by Crippen LogP contribution is 2.46. The van der Waals surface area contributed by atoms with Gasteiger partial charge in [0.05, 0.1) is 63.6 Å². The van der Waals surface area contributed by atoms with Crippen LogP contribution in [0.1, 0.15) is 0 Å². The van der Waals surface area contributed by atoms with E-state index in [1.54, 1.807) is 45.3 Å². The molecule has 8 nitrogen and oxygen atoms in total. The molecule has 0 radical (unpaired) electrons. The lowest BCUT2D eigenvalue weighted by atomic mass is 9.95. The van der Waals surface area contributed by atoms with Gasteiger partial charge in [-0.05, 0) is 161 Å². The fraction of sp³-hybridized carbons (Fsp3) is 0. The quantitative estimate of drug-likeness (QED) is 0.145. The van der Waals surface area contributed by atoms with Gasteiger partial charge in [-0.15, -0.1) is 45.3 Å². The van der Waals surface area contributed by atoms with E-state index in [2.05, 4.69) is 290 Å². The largest absolute Gasteiger partial charge is 0.223 e. The van der Waals surface area contributed by atoms with Crippen LogP contribution in [0.4, 0.5) is 0 Å². The van der Waals surface area contributed by atoms with Crippen molar-refractivity contribution in [1.82, 2.24) is 39.9 Å². The normalized spacial score (nSPS) is 11.5. The minimum Gasteiger partial charge on any atom is -0.216 e. The lowest BCUT2D eigenvalue weighted by Crippen LogP contribution is -1.91. The van der Waals surface area contributed by atoms with Gasteiger partial charge in [-0.25, -0.2) is 39.9 Å². The van der Waals surface area contributed by atoms with Crippen LogP contribution in [0.25, 0.3) is 192 Å². The molecule has 14 aromatic carbocycles. The van der Waals surface area contributed by atoms with Crippen LogP contribution in [0.15, 0.2) is 328 Å². The van der Waals surface area contributed by atoms with Crippen LogP contribution in [-0.2, 0) is 0 Å². The summed E-state index contributed by atoms with van der Waals surface area (Å²) in [5, 5.41) is 12.9. The molecule has 0 unspecified atom stereocenters. The molecular weight excluding hydrogens is 1510 g/mol. The third-order valence-electron chi connectivity index (χ3n) is 19.5. The van der Waals surface area contributed by atoms with E-state index in [0.29, 0.717) is 0 Å². The Morgan fingerprint density at radius 1 is 0.182 bits per heavy atom. The molecule has 22 rings (SSSR count). The van der Waals surface area contributed by atoms with Crippen molar-refractivity contribution in [3.63, 3.8) is 0 Å². The van der Waals surface area contributed by atoms with E-state index in [1.165, 1.54) is 73.4 Å². The van der Waals surface area contributed by atoms with Gasteiger partial charge in [-0.1, -0.05) is 279 Å². The molecule has 0 atom stereocenters. The van der Waals surface area contributed by atoms with E-state index in [0.717, 1.165) is 119 Å². The smallest absolute Gasteiger partial charge is 0.216 e. The topological polar surface area (TPSA) is 103 Å². The molecular formula is C94H54Cl4N8S4. The first kappa shape index (κ1) is 68.7. The molecule has 0 aliphatic carbocycles. The van der Waals surface area contributed by atoms with Gasteiger partial charge >= 0.3 is 0 Å². The van der Waals surface area contributed by atoms with Crippen molar-refractivity contribution < 1.29 is 0 Å². The van der Waals surface area contributed by atoms with E-state index in [9.17, 15) is 0 Å². The van der Waals surface area contributed by atoms with Gasteiger partial charge in [0.15, 0.2) is 0 Å². The molecule has 0 saturated heterocycles. The molecule has 0 aliphatic heterocycles. The molecule has 22 aromatic rings. The van der Waals surface area contributed by atoms with Crippen LogP contribution in [-0.4, -0.2) is 39.9 Å². The molecule has 8 heterocycles. The maximum atomic E-state index is 6.43. The molecule has 110 heavy (non-hydrogen) atoms. The number of nitrogens with zero attached hydrogens (tertiary/aromatic N) is 8. The highest BCUT2D eigenvalue weighted by atomic mass is 35.5. The standard InChI is InChI=1S/C28H17ClN2S.C26H15ClN2S.2C20H11ClN2S/c29-28-30-25(27-26(31-28)23-13-7-8-14-24(23)32-27)22-16-20(18-9-3-1-4-10-18)15-21(17-22)19-11-5-2-6-12-19;27-26-28-23(25-24(29-26)21-9-3-4-11-22(21)30-25)18-14-12-17(13-15-18)20-10-5-7-16-6-1-2-8-19(16)20;21-20-22-17(14-10-5-7-12-6-1-2-8-13(12)14)19-18(23-20)15-9-3-4-11-16(15)24-19;21-20-22-17(14-10-9-12-5-1-2-6-13(12)11-14)19-18(23-20)15-7-3-4-8-16(15)24-19/h1-17H;1-15H;2*1-11H. The van der Waals surface area contributed by atoms with Crippen molar-refractivity contribution in [3.8, 4) is 78.4 Å². The minimum absolute atomic E-state index is 0.266. The average Bonchev–Trinajstić information content (AvgIpc) is 1.60. The van der Waals surface area contributed by atoms with E-state index in [1.807, 2.05) is 72.8 Å². The van der Waals surface area contributed by atoms with Crippen molar-refractivity contribution >= 4 is 205 Å². The van der Waals surface area contributed by atoms with Gasteiger partial charge in [0.25, 0.3) is 0 Å². The van der Waals surface area contributed by atoms with Crippen LogP contribution >= 0.6 is 91.8 Å². The Labute approximate surface area is 666 Å². The van der Waals surface area contributed by atoms with E-state index in [4.69, 9.17) is 51.4 Å². The maximum absolute atomic E-state index is 6.43. The van der Waals surface area contributed by atoms with Crippen molar-refractivity contribution in [2.75, 3.05) is 0 Å². The molecule has 0 fully saturated rings. The molecule has 8 aromatic heterocycles. The van der Waals surface area contributed by atoms with Crippen molar-refractivity contribution in [3.05, 3.63) is 349 Å². The SMILES string of the molecule is Clc1nc(-c2cc(-c3ccccc3)cc(-c3ccccc3)c2)c2sc3ccccc3c2n1.Clc1nc(-c2ccc(-c3cccc4ccccc34)cc2)c2sc3ccccc3c2n1.Clc1nc(-c2ccc3ccccc3c2)c2sc3ccccc3c2n1.Clc1nc(-c2cccc3ccccc23)c2sc3ccccc3c2n1. The number of hydrogen-bond donors (Lipinski definition) is 0. The second-order valence-corrected chi connectivity index (χ2v) is 31.8. The number of hydrogen-bond acceptors (Lipinski definition) is 12. The van der Waals surface area contributed by atoms with E-state index >= 15 is 0 Å². The fourth-order valence-corrected chi connectivity index (χ4v) is 19.7. The average molecular weight is 1570 g/mol. The van der Waals surface area contributed by atoms with Gasteiger partial charge in [-0.3, -0.25) is 0 Å². The number of benzene rings is 14. The zero-order chi connectivity index (χ0) is 73.8. The Morgan fingerprint density at radius 2 is 0.491 bits per heavy atom. The van der Waals surface area contributed by atoms with Gasteiger partial charge in [0.2, 0.25) is 21.1 Å². The molecule has 0 spiro atoms. The van der Waals surface area contributed by atoms with E-state index in [-0.39, 0.29) is 21.1 Å². The third kappa shape index (κ3) is 13.3. The van der Waals surface area contributed by atoms with E-state index < -0.39 is 0 Å². The summed E-state index contributed by atoms with van der Waals surface area (Å²) in [7, 11) is 0. The predicted molar refractivity (Wildman–Crippen MR) is 470 cm³/mol. The molecule has 0 saturated carbocycles. The molecule has 0 N–H and O–H groups in total. The monoisotopic (exact) mass is 1560 g/mol. The Kier molecular flexibility index (Phi) is 18.5. The zero-order valence-electron chi connectivity index (χ0n) is 57.9. The summed E-state index contributed by atoms with van der Waals surface area (Å²) in [5.41, 5.74) is 18.5. The molecule has 16 heteroatoms. The second kappa shape index (κ2) is 29.7. The van der Waals surface area contributed by atoms with Gasteiger partial charge < -0.3 is 0 Å². The Morgan fingerprint density at radius 3 is 0.945 bits per heavy atom. The van der Waals surface area contributed by atoms with Crippen molar-refractivity contribution in [1.29, 1.82) is 0 Å². The van der Waals surface area contributed by atoms with Gasteiger partial charge in [-0.2, -0.15) is 0 Å². The number of halogens is 4.